The van der Waals surface area contributed by atoms with Crippen LogP contribution in [0.2, 0.25) is 0 Å². The first kappa shape index (κ1) is 13.0. The molecule has 15 heavy (non-hydrogen) atoms. The van der Waals surface area contributed by atoms with Crippen molar-refractivity contribution in [3.63, 3.8) is 0 Å². The monoisotopic (exact) mass is 228 g/mol. The lowest BCUT2D eigenvalue weighted by Crippen LogP contribution is -2.30. The fraction of sp³-hybridized carbons (Fsp3) is 0.846. The average Bonchev–Trinajstić information content (AvgIpc) is 2.22. The smallest absolute Gasteiger partial charge is 0.102 e. The molecular formula is C13H24OS. The van der Waals surface area contributed by atoms with Gasteiger partial charge in [-0.05, 0) is 31.9 Å². The Bertz CT molecular complexity index is 181. The minimum atomic E-state index is 0.389. The first-order chi connectivity index (χ1) is 7.33. The standard InChI is InChI=1S/C13H24OS/c1-3-10-14-12-13(4-2)9-7-5-6-8-11-15-13/h3,10H,4-9,11-12H2,1-2H3/b10-3+. The van der Waals surface area contributed by atoms with Gasteiger partial charge in [-0.25, -0.2) is 0 Å². The van der Waals surface area contributed by atoms with Gasteiger partial charge in [-0.2, -0.15) is 11.8 Å². The van der Waals surface area contributed by atoms with Crippen LogP contribution in [0.1, 0.15) is 52.4 Å². The lowest BCUT2D eigenvalue weighted by molar-refractivity contribution is 0.200. The maximum Gasteiger partial charge on any atom is 0.102 e. The van der Waals surface area contributed by atoms with Gasteiger partial charge in [0.05, 0.1) is 6.26 Å². The van der Waals surface area contributed by atoms with Crippen molar-refractivity contribution in [1.29, 1.82) is 0 Å². The number of hydrogen-bond acceptors (Lipinski definition) is 2. The Balaban J connectivity index is 2.46. The normalized spacial score (nSPS) is 28.7. The van der Waals surface area contributed by atoms with Gasteiger partial charge in [0, 0.05) is 4.75 Å². The lowest BCUT2D eigenvalue weighted by Gasteiger charge is -2.33. The quantitative estimate of drug-likeness (QED) is 0.660. The molecule has 0 aromatic rings. The molecule has 88 valence electrons. The van der Waals surface area contributed by atoms with Crippen molar-refractivity contribution in [2.75, 3.05) is 12.4 Å². The largest absolute Gasteiger partial charge is 0.500 e. The highest BCUT2D eigenvalue weighted by molar-refractivity contribution is 8.00. The highest BCUT2D eigenvalue weighted by Gasteiger charge is 2.29. The van der Waals surface area contributed by atoms with Crippen molar-refractivity contribution in [1.82, 2.24) is 0 Å². The summed E-state index contributed by atoms with van der Waals surface area (Å²) in [7, 11) is 0. The molecule has 1 atom stereocenters. The third-order valence-corrected chi connectivity index (χ3v) is 4.87. The Morgan fingerprint density at radius 2 is 2.07 bits per heavy atom. The number of rotatable bonds is 4. The lowest BCUT2D eigenvalue weighted by atomic mass is 9.97. The molecule has 0 aliphatic carbocycles. The molecule has 0 N–H and O–H groups in total. The molecule has 1 unspecified atom stereocenters. The van der Waals surface area contributed by atoms with Crippen LogP contribution in [0.25, 0.3) is 0 Å². The molecule has 1 aliphatic rings. The van der Waals surface area contributed by atoms with Crippen LogP contribution in [0.5, 0.6) is 0 Å². The summed E-state index contributed by atoms with van der Waals surface area (Å²) >= 11 is 2.14. The molecule has 0 aromatic carbocycles. The second-order valence-corrected chi connectivity index (χ2v) is 5.89. The van der Waals surface area contributed by atoms with Gasteiger partial charge in [0.25, 0.3) is 0 Å². The van der Waals surface area contributed by atoms with Crippen LogP contribution in [-0.4, -0.2) is 17.1 Å². The van der Waals surface area contributed by atoms with Crippen LogP contribution >= 0.6 is 11.8 Å². The zero-order valence-corrected chi connectivity index (χ0v) is 10.9. The summed E-state index contributed by atoms with van der Waals surface area (Å²) < 4.78 is 6.00. The summed E-state index contributed by atoms with van der Waals surface area (Å²) in [5, 5.41) is 0. The SMILES string of the molecule is C/C=C/OCC1(CC)CCCCCCS1. The highest BCUT2D eigenvalue weighted by atomic mass is 32.2. The van der Waals surface area contributed by atoms with E-state index < -0.39 is 0 Å². The molecule has 0 radical (unpaired) electrons. The highest BCUT2D eigenvalue weighted by Crippen LogP contribution is 2.37. The average molecular weight is 228 g/mol. The summed E-state index contributed by atoms with van der Waals surface area (Å²) in [6.45, 7) is 5.19. The van der Waals surface area contributed by atoms with Crippen molar-refractivity contribution < 1.29 is 4.74 Å². The number of ether oxygens (including phenoxy) is 1. The van der Waals surface area contributed by atoms with E-state index in [1.54, 1.807) is 0 Å². The molecule has 0 bridgehead atoms. The molecule has 0 amide bonds. The van der Waals surface area contributed by atoms with Gasteiger partial charge in [0.1, 0.15) is 6.61 Å². The van der Waals surface area contributed by atoms with E-state index in [4.69, 9.17) is 4.74 Å². The van der Waals surface area contributed by atoms with Crippen LogP contribution in [0.4, 0.5) is 0 Å². The molecule has 1 heterocycles. The van der Waals surface area contributed by atoms with Crippen molar-refractivity contribution in [3.8, 4) is 0 Å². The van der Waals surface area contributed by atoms with E-state index in [-0.39, 0.29) is 0 Å². The minimum Gasteiger partial charge on any atom is -0.500 e. The topological polar surface area (TPSA) is 9.23 Å². The van der Waals surface area contributed by atoms with Crippen molar-refractivity contribution in [3.05, 3.63) is 12.3 Å². The molecule has 0 saturated carbocycles. The molecule has 0 spiro atoms. The predicted octanol–water partition coefficient (Wildman–Crippen LogP) is 4.38. The second kappa shape index (κ2) is 7.21. The molecule has 1 rings (SSSR count). The molecular weight excluding hydrogens is 204 g/mol. The van der Waals surface area contributed by atoms with Gasteiger partial charge in [-0.1, -0.05) is 32.3 Å². The van der Waals surface area contributed by atoms with E-state index >= 15 is 0 Å². The fourth-order valence-corrected chi connectivity index (χ4v) is 3.48. The summed E-state index contributed by atoms with van der Waals surface area (Å²) in [5.41, 5.74) is 0. The maximum atomic E-state index is 5.61. The van der Waals surface area contributed by atoms with Crippen molar-refractivity contribution in [2.45, 2.75) is 57.1 Å². The summed E-state index contributed by atoms with van der Waals surface area (Å²) in [5.74, 6) is 1.31. The summed E-state index contributed by atoms with van der Waals surface area (Å²) in [4.78, 5) is 0. The fourth-order valence-electron chi connectivity index (χ4n) is 2.05. The van der Waals surface area contributed by atoms with Crippen LogP contribution in [-0.2, 0) is 4.74 Å². The Kier molecular flexibility index (Phi) is 6.23. The van der Waals surface area contributed by atoms with Gasteiger partial charge in [0.15, 0.2) is 0 Å². The molecule has 0 aromatic heterocycles. The molecule has 2 heteroatoms. The Hall–Kier alpha value is -0.110. The Morgan fingerprint density at radius 1 is 1.27 bits per heavy atom. The van der Waals surface area contributed by atoms with E-state index in [2.05, 4.69) is 18.7 Å². The minimum absolute atomic E-state index is 0.389. The number of hydrogen-bond donors (Lipinski definition) is 0. The van der Waals surface area contributed by atoms with E-state index in [0.717, 1.165) is 6.61 Å². The Labute approximate surface area is 98.7 Å². The van der Waals surface area contributed by atoms with Crippen molar-refractivity contribution in [2.24, 2.45) is 0 Å². The van der Waals surface area contributed by atoms with E-state index in [0.29, 0.717) is 4.75 Å². The van der Waals surface area contributed by atoms with Crippen LogP contribution in [0.3, 0.4) is 0 Å². The van der Waals surface area contributed by atoms with Gasteiger partial charge < -0.3 is 4.74 Å². The number of allylic oxidation sites excluding steroid dienone is 1. The van der Waals surface area contributed by atoms with Crippen LogP contribution in [0, 0.1) is 0 Å². The third-order valence-electron chi connectivity index (χ3n) is 3.16. The second-order valence-electron chi connectivity index (χ2n) is 4.33. The predicted molar refractivity (Wildman–Crippen MR) is 69.3 cm³/mol. The van der Waals surface area contributed by atoms with Gasteiger partial charge in [-0.15, -0.1) is 0 Å². The number of thioether (sulfide) groups is 1. The molecule has 1 saturated heterocycles. The van der Waals surface area contributed by atoms with Gasteiger partial charge in [-0.3, -0.25) is 0 Å². The van der Waals surface area contributed by atoms with Crippen molar-refractivity contribution >= 4 is 11.8 Å². The van der Waals surface area contributed by atoms with Gasteiger partial charge in [0.2, 0.25) is 0 Å². The summed E-state index contributed by atoms with van der Waals surface area (Å²) in [6.07, 6.45) is 11.9. The van der Waals surface area contributed by atoms with E-state index in [1.165, 1.54) is 44.3 Å². The van der Waals surface area contributed by atoms with E-state index in [1.807, 2.05) is 19.3 Å². The van der Waals surface area contributed by atoms with Crippen LogP contribution < -0.4 is 0 Å². The Morgan fingerprint density at radius 3 is 2.80 bits per heavy atom. The van der Waals surface area contributed by atoms with Crippen LogP contribution in [0.15, 0.2) is 12.3 Å². The van der Waals surface area contributed by atoms with E-state index in [9.17, 15) is 0 Å². The molecule has 1 fully saturated rings. The van der Waals surface area contributed by atoms with Gasteiger partial charge >= 0.3 is 0 Å². The third kappa shape index (κ3) is 4.50. The maximum absolute atomic E-state index is 5.61. The first-order valence-electron chi connectivity index (χ1n) is 6.20. The molecule has 1 aliphatic heterocycles. The molecule has 1 nitrogen and oxygen atoms in total. The zero-order chi connectivity index (χ0) is 11.0. The first-order valence-corrected chi connectivity index (χ1v) is 7.18. The summed E-state index contributed by atoms with van der Waals surface area (Å²) in [6, 6.07) is 0. The zero-order valence-electron chi connectivity index (χ0n) is 10.1.